The van der Waals surface area contributed by atoms with E-state index in [4.69, 9.17) is 0 Å². The minimum absolute atomic E-state index is 0.00598. The fourth-order valence-corrected chi connectivity index (χ4v) is 3.26. The number of benzene rings is 2. The highest BCUT2D eigenvalue weighted by Gasteiger charge is 2.35. The minimum atomic E-state index is -0.323. The Hall–Kier alpha value is -1.89. The van der Waals surface area contributed by atoms with Crippen LogP contribution in [0, 0.1) is 23.3 Å². The minimum Gasteiger partial charge on any atom is -0.326 e. The van der Waals surface area contributed by atoms with Crippen molar-refractivity contribution >= 4 is 45.8 Å². The Bertz CT molecular complexity index is 786. The molecule has 0 bridgehead atoms. The molecule has 124 valence electrons. The molecule has 0 aromatic heterocycles. The van der Waals surface area contributed by atoms with Gasteiger partial charge in [0.1, 0.15) is 0 Å². The molecule has 24 heavy (non-hydrogen) atoms. The first-order valence-electron chi connectivity index (χ1n) is 7.88. The van der Waals surface area contributed by atoms with Crippen molar-refractivity contribution in [2.24, 2.45) is 5.92 Å². The van der Waals surface area contributed by atoms with Crippen LogP contribution in [0.4, 0.5) is 11.4 Å². The number of carbonyl (C=O) groups excluding carboxylic acids is 2. The molecule has 1 atom stereocenters. The van der Waals surface area contributed by atoms with E-state index in [0.717, 1.165) is 26.1 Å². The van der Waals surface area contributed by atoms with Gasteiger partial charge in [-0.05, 0) is 77.9 Å². The third-order valence-corrected chi connectivity index (χ3v) is 4.98. The lowest BCUT2D eigenvalue weighted by atomic mass is 10.1. The van der Waals surface area contributed by atoms with Gasteiger partial charge in [0.05, 0.1) is 5.92 Å². The Morgan fingerprint density at radius 1 is 1.17 bits per heavy atom. The Morgan fingerprint density at radius 3 is 2.58 bits per heavy atom. The number of hydrogen-bond donors (Lipinski definition) is 1. The normalized spacial score (nSPS) is 17.2. The smallest absolute Gasteiger partial charge is 0.229 e. The number of halogens is 1. The van der Waals surface area contributed by atoms with Crippen LogP contribution in [0.1, 0.15) is 17.5 Å². The molecular weight excluding hydrogens is 415 g/mol. The maximum Gasteiger partial charge on any atom is 0.229 e. The number of nitrogens with one attached hydrogen (secondary N) is 1. The summed E-state index contributed by atoms with van der Waals surface area (Å²) in [6.07, 6.45) is 0.254. The van der Waals surface area contributed by atoms with Crippen LogP contribution in [0.3, 0.4) is 0 Å². The first kappa shape index (κ1) is 17.0. The van der Waals surface area contributed by atoms with Crippen molar-refractivity contribution < 1.29 is 9.59 Å². The van der Waals surface area contributed by atoms with Crippen LogP contribution in [0.2, 0.25) is 0 Å². The van der Waals surface area contributed by atoms with E-state index >= 15 is 0 Å². The average Bonchev–Trinajstić information content (AvgIpc) is 2.94. The molecule has 1 heterocycles. The molecule has 4 nitrogen and oxygen atoms in total. The lowest BCUT2D eigenvalue weighted by Crippen LogP contribution is -2.28. The summed E-state index contributed by atoms with van der Waals surface area (Å²) in [6, 6.07) is 13.7. The third-order valence-electron chi connectivity index (χ3n) is 4.26. The Kier molecular flexibility index (Phi) is 4.89. The molecule has 5 heteroatoms. The second kappa shape index (κ2) is 6.93. The van der Waals surface area contributed by atoms with Crippen molar-refractivity contribution in [3.05, 3.63) is 57.2 Å². The van der Waals surface area contributed by atoms with Gasteiger partial charge in [-0.15, -0.1) is 0 Å². The number of hydrogen-bond acceptors (Lipinski definition) is 2. The molecular formula is C19H19IN2O2. The summed E-state index contributed by atoms with van der Waals surface area (Å²) in [7, 11) is 0. The van der Waals surface area contributed by atoms with E-state index in [-0.39, 0.29) is 24.2 Å². The molecule has 1 aliphatic heterocycles. The molecule has 2 aromatic carbocycles. The quantitative estimate of drug-likeness (QED) is 0.746. The van der Waals surface area contributed by atoms with Crippen LogP contribution < -0.4 is 10.2 Å². The predicted octanol–water partition coefficient (Wildman–Crippen LogP) is 3.90. The van der Waals surface area contributed by atoms with Crippen molar-refractivity contribution in [1.29, 1.82) is 0 Å². The van der Waals surface area contributed by atoms with Crippen molar-refractivity contribution in [3.63, 3.8) is 0 Å². The van der Waals surface area contributed by atoms with Gasteiger partial charge in [-0.2, -0.15) is 0 Å². The topological polar surface area (TPSA) is 49.4 Å². The first-order chi connectivity index (χ1) is 11.4. The van der Waals surface area contributed by atoms with E-state index in [0.29, 0.717) is 6.54 Å². The lowest BCUT2D eigenvalue weighted by Gasteiger charge is -2.19. The van der Waals surface area contributed by atoms with E-state index in [1.54, 1.807) is 4.90 Å². The molecule has 1 fully saturated rings. The highest BCUT2D eigenvalue weighted by atomic mass is 127. The van der Waals surface area contributed by atoms with Gasteiger partial charge in [-0.1, -0.05) is 12.1 Å². The van der Waals surface area contributed by atoms with Crippen molar-refractivity contribution in [3.8, 4) is 0 Å². The molecule has 1 aliphatic rings. The zero-order chi connectivity index (χ0) is 17.3. The van der Waals surface area contributed by atoms with Crippen LogP contribution in [-0.4, -0.2) is 18.4 Å². The van der Waals surface area contributed by atoms with Gasteiger partial charge >= 0.3 is 0 Å². The van der Waals surface area contributed by atoms with Crippen molar-refractivity contribution in [2.45, 2.75) is 20.3 Å². The molecule has 1 N–H and O–H groups in total. The van der Waals surface area contributed by atoms with Crippen LogP contribution in [0.5, 0.6) is 0 Å². The lowest BCUT2D eigenvalue weighted by molar-refractivity contribution is -0.122. The van der Waals surface area contributed by atoms with Gasteiger partial charge in [-0.3, -0.25) is 9.59 Å². The number of rotatable bonds is 3. The van der Waals surface area contributed by atoms with E-state index in [2.05, 4.69) is 27.9 Å². The summed E-state index contributed by atoms with van der Waals surface area (Å²) in [4.78, 5) is 26.6. The number of aryl methyl sites for hydroxylation is 2. The number of anilines is 2. The summed E-state index contributed by atoms with van der Waals surface area (Å²) in [5.74, 6) is -0.416. The van der Waals surface area contributed by atoms with Gasteiger partial charge in [0, 0.05) is 27.9 Å². The van der Waals surface area contributed by atoms with Gasteiger partial charge in [-0.25, -0.2) is 0 Å². The maximum absolute atomic E-state index is 12.5. The van der Waals surface area contributed by atoms with Crippen LogP contribution in [-0.2, 0) is 9.59 Å². The molecule has 0 spiro atoms. The predicted molar refractivity (Wildman–Crippen MR) is 104 cm³/mol. The van der Waals surface area contributed by atoms with Gasteiger partial charge < -0.3 is 10.2 Å². The Labute approximate surface area is 155 Å². The summed E-state index contributed by atoms with van der Waals surface area (Å²) in [6.45, 7) is 4.42. The zero-order valence-electron chi connectivity index (χ0n) is 13.7. The van der Waals surface area contributed by atoms with Crippen molar-refractivity contribution in [1.82, 2.24) is 0 Å². The second-order valence-electron chi connectivity index (χ2n) is 6.19. The SMILES string of the molecule is Cc1ccc(C)c(N2C[C@@H](C(=O)Nc3ccc(I)cc3)CC2=O)c1. The highest BCUT2D eigenvalue weighted by Crippen LogP contribution is 2.29. The fourth-order valence-electron chi connectivity index (χ4n) is 2.90. The molecule has 0 unspecified atom stereocenters. The largest absolute Gasteiger partial charge is 0.326 e. The number of nitrogens with zero attached hydrogens (tertiary/aromatic N) is 1. The Balaban J connectivity index is 1.73. The van der Waals surface area contributed by atoms with Crippen molar-refractivity contribution in [2.75, 3.05) is 16.8 Å². The fraction of sp³-hybridized carbons (Fsp3) is 0.263. The van der Waals surface area contributed by atoms with Crippen LogP contribution in [0.15, 0.2) is 42.5 Å². The van der Waals surface area contributed by atoms with E-state index < -0.39 is 0 Å². The summed E-state index contributed by atoms with van der Waals surface area (Å²) >= 11 is 2.22. The standard InChI is InChI=1S/C19H19IN2O2/c1-12-3-4-13(2)17(9-12)22-11-14(10-18(22)23)19(24)21-16-7-5-15(20)6-8-16/h3-9,14H,10-11H2,1-2H3,(H,21,24)/t14-/m0/s1. The van der Waals surface area contributed by atoms with Gasteiger partial charge in [0.2, 0.25) is 11.8 Å². The molecule has 0 radical (unpaired) electrons. The average molecular weight is 434 g/mol. The Morgan fingerprint density at radius 2 is 1.88 bits per heavy atom. The van der Waals surface area contributed by atoms with Crippen LogP contribution >= 0.6 is 22.6 Å². The summed E-state index contributed by atoms with van der Waals surface area (Å²) in [5, 5.41) is 2.91. The molecule has 3 rings (SSSR count). The summed E-state index contributed by atoms with van der Waals surface area (Å²) < 4.78 is 1.11. The number of amides is 2. The highest BCUT2D eigenvalue weighted by molar-refractivity contribution is 14.1. The van der Waals surface area contributed by atoms with E-state index in [1.807, 2.05) is 56.3 Å². The second-order valence-corrected chi connectivity index (χ2v) is 7.44. The molecule has 0 saturated carbocycles. The first-order valence-corrected chi connectivity index (χ1v) is 8.96. The molecule has 2 amide bonds. The van der Waals surface area contributed by atoms with Gasteiger partial charge in [0.15, 0.2) is 0 Å². The maximum atomic E-state index is 12.5. The van der Waals surface area contributed by atoms with Gasteiger partial charge in [0.25, 0.3) is 0 Å². The number of carbonyl (C=O) groups is 2. The monoisotopic (exact) mass is 434 g/mol. The molecule has 2 aromatic rings. The van der Waals surface area contributed by atoms with E-state index in [9.17, 15) is 9.59 Å². The molecule has 0 aliphatic carbocycles. The molecule has 1 saturated heterocycles. The van der Waals surface area contributed by atoms with E-state index in [1.165, 1.54) is 0 Å². The summed E-state index contributed by atoms with van der Waals surface area (Å²) in [5.41, 5.74) is 3.82. The zero-order valence-corrected chi connectivity index (χ0v) is 15.8. The van der Waals surface area contributed by atoms with Crippen LogP contribution in [0.25, 0.3) is 0 Å². The third kappa shape index (κ3) is 3.61.